The average Bonchev–Trinajstić information content (AvgIpc) is 2.87. The summed E-state index contributed by atoms with van der Waals surface area (Å²) in [5, 5.41) is 19.7. The Labute approximate surface area is 215 Å². The number of ether oxygens (including phenoxy) is 2. The molecule has 1 fully saturated rings. The third kappa shape index (κ3) is 4.90. The molecule has 2 aliphatic rings. The first-order valence-electron chi connectivity index (χ1n) is 12.3. The molecule has 0 aliphatic carbocycles. The Morgan fingerprint density at radius 1 is 1.08 bits per heavy atom. The molecule has 0 amide bonds. The summed E-state index contributed by atoms with van der Waals surface area (Å²) in [5.41, 5.74) is 4.65. The van der Waals surface area contributed by atoms with Crippen molar-refractivity contribution in [3.05, 3.63) is 88.2 Å². The number of benzene rings is 3. The Balaban J connectivity index is 1.45. The Kier molecular flexibility index (Phi) is 6.86. The van der Waals surface area contributed by atoms with Gasteiger partial charge in [-0.05, 0) is 78.6 Å². The summed E-state index contributed by atoms with van der Waals surface area (Å²) in [5.74, 6) is 1.08. The van der Waals surface area contributed by atoms with Crippen LogP contribution in [-0.2, 0) is 0 Å². The highest BCUT2D eigenvalue weighted by molar-refractivity contribution is 5.96. The molecule has 3 aromatic rings. The fourth-order valence-corrected chi connectivity index (χ4v) is 5.08. The van der Waals surface area contributed by atoms with Crippen LogP contribution < -0.4 is 9.47 Å². The van der Waals surface area contributed by atoms with E-state index in [0.29, 0.717) is 29.2 Å². The second kappa shape index (κ2) is 10.2. The smallest absolute Gasteiger partial charge is 0.150 e. The van der Waals surface area contributed by atoms with E-state index in [1.807, 2.05) is 31.2 Å². The maximum Gasteiger partial charge on any atom is 0.150 e. The van der Waals surface area contributed by atoms with Gasteiger partial charge in [0.1, 0.15) is 35.8 Å². The van der Waals surface area contributed by atoms with Crippen LogP contribution >= 0.6 is 0 Å². The predicted octanol–water partition coefficient (Wildman–Crippen LogP) is 6.06. The van der Waals surface area contributed by atoms with E-state index in [2.05, 4.69) is 11.0 Å². The van der Waals surface area contributed by atoms with E-state index in [-0.39, 0.29) is 23.9 Å². The maximum absolute atomic E-state index is 14.6. The molecule has 0 saturated carbocycles. The third-order valence-electron chi connectivity index (χ3n) is 7.17. The van der Waals surface area contributed by atoms with Crippen molar-refractivity contribution in [1.29, 1.82) is 5.26 Å². The molecule has 1 unspecified atom stereocenters. The number of nitriles is 1. The second-order valence-corrected chi connectivity index (χ2v) is 9.65. The molecule has 7 heteroatoms. The molecule has 2 aliphatic heterocycles. The molecule has 0 bridgehead atoms. The zero-order chi connectivity index (χ0) is 26.1. The highest BCUT2D eigenvalue weighted by Crippen LogP contribution is 2.48. The van der Waals surface area contributed by atoms with Gasteiger partial charge in [0.05, 0.1) is 18.3 Å². The van der Waals surface area contributed by atoms with Crippen molar-refractivity contribution < 1.29 is 23.4 Å². The SMILES string of the molecule is CC1=C(c2cc(F)cc(C#N)c2C)C(c2ccc(OCCN3CC(CF)C3)cc2)Oc2ccc(O)cc21. The maximum atomic E-state index is 14.6. The van der Waals surface area contributed by atoms with Gasteiger partial charge in [-0.25, -0.2) is 4.39 Å². The van der Waals surface area contributed by atoms with Crippen LogP contribution in [0.1, 0.15) is 40.8 Å². The number of likely N-dealkylation sites (tertiary alicyclic amines) is 1. The van der Waals surface area contributed by atoms with Crippen molar-refractivity contribution in [2.24, 2.45) is 5.92 Å². The molecular formula is C30H28F2N2O3. The number of alkyl halides is 1. The van der Waals surface area contributed by atoms with Gasteiger partial charge in [-0.2, -0.15) is 5.26 Å². The van der Waals surface area contributed by atoms with Crippen molar-refractivity contribution in [3.8, 4) is 23.3 Å². The van der Waals surface area contributed by atoms with E-state index in [9.17, 15) is 19.1 Å². The fraction of sp³-hybridized carbons (Fsp3) is 0.300. The zero-order valence-electron chi connectivity index (χ0n) is 20.8. The average molecular weight is 503 g/mol. The lowest BCUT2D eigenvalue weighted by atomic mass is 9.83. The molecule has 5 nitrogen and oxygen atoms in total. The van der Waals surface area contributed by atoms with Crippen LogP contribution in [0.25, 0.3) is 11.1 Å². The predicted molar refractivity (Wildman–Crippen MR) is 138 cm³/mol. The number of halogens is 2. The normalized spacial score (nSPS) is 17.5. The topological polar surface area (TPSA) is 65.7 Å². The summed E-state index contributed by atoms with van der Waals surface area (Å²) in [6, 6.07) is 17.2. The number of phenolic OH excluding ortho intramolecular Hbond substituents is 1. The molecule has 1 saturated heterocycles. The number of hydrogen-bond donors (Lipinski definition) is 1. The summed E-state index contributed by atoms with van der Waals surface area (Å²) in [6.45, 7) is 6.26. The second-order valence-electron chi connectivity index (χ2n) is 9.65. The summed E-state index contributed by atoms with van der Waals surface area (Å²) in [7, 11) is 0. The standard InChI is InChI=1S/C30H28F2N2O3/c1-18-22(15-33)11-23(32)12-27(18)29-19(2)26-13-24(35)5-8-28(26)37-30(29)21-3-6-25(7-4-21)36-10-9-34-16-20(14-31)17-34/h3-8,11-13,20,30,35H,9-10,14,16-17H2,1-2H3. The molecule has 0 aromatic heterocycles. The van der Waals surface area contributed by atoms with Crippen LogP contribution in [0, 0.1) is 30.0 Å². The Morgan fingerprint density at radius 2 is 1.84 bits per heavy atom. The van der Waals surface area contributed by atoms with E-state index in [1.54, 1.807) is 25.1 Å². The van der Waals surface area contributed by atoms with Crippen LogP contribution in [0.5, 0.6) is 17.2 Å². The fourth-order valence-electron chi connectivity index (χ4n) is 5.08. The van der Waals surface area contributed by atoms with Crippen molar-refractivity contribution in [2.75, 3.05) is 32.9 Å². The van der Waals surface area contributed by atoms with E-state index in [1.165, 1.54) is 12.1 Å². The van der Waals surface area contributed by atoms with Crippen LogP contribution in [0.4, 0.5) is 8.78 Å². The number of nitrogens with zero attached hydrogens (tertiary/aromatic N) is 2. The van der Waals surface area contributed by atoms with Crippen molar-refractivity contribution >= 4 is 11.1 Å². The summed E-state index contributed by atoms with van der Waals surface area (Å²) in [4.78, 5) is 2.17. The van der Waals surface area contributed by atoms with Crippen molar-refractivity contribution in [2.45, 2.75) is 20.0 Å². The summed E-state index contributed by atoms with van der Waals surface area (Å²) in [6.07, 6.45) is -0.558. The lowest BCUT2D eigenvalue weighted by Crippen LogP contribution is -2.49. The molecule has 190 valence electrons. The van der Waals surface area contributed by atoms with Gasteiger partial charge in [-0.1, -0.05) is 12.1 Å². The molecular weight excluding hydrogens is 474 g/mol. The Hall–Kier alpha value is -3.89. The highest BCUT2D eigenvalue weighted by Gasteiger charge is 2.31. The minimum Gasteiger partial charge on any atom is -0.508 e. The van der Waals surface area contributed by atoms with Gasteiger partial charge < -0.3 is 14.6 Å². The van der Waals surface area contributed by atoms with E-state index in [4.69, 9.17) is 9.47 Å². The van der Waals surface area contributed by atoms with Crippen molar-refractivity contribution in [3.63, 3.8) is 0 Å². The van der Waals surface area contributed by atoms with Crippen LogP contribution in [0.3, 0.4) is 0 Å². The molecule has 3 aromatic carbocycles. The Morgan fingerprint density at radius 3 is 2.54 bits per heavy atom. The van der Waals surface area contributed by atoms with Gasteiger partial charge in [0.2, 0.25) is 0 Å². The number of phenols is 1. The molecule has 37 heavy (non-hydrogen) atoms. The van der Waals surface area contributed by atoms with Gasteiger partial charge in [-0.3, -0.25) is 9.29 Å². The zero-order valence-corrected chi connectivity index (χ0v) is 20.8. The minimum absolute atomic E-state index is 0.105. The number of aromatic hydroxyl groups is 1. The lowest BCUT2D eigenvalue weighted by molar-refractivity contribution is 0.0668. The number of fused-ring (bicyclic) bond motifs is 1. The van der Waals surface area contributed by atoms with Gasteiger partial charge in [-0.15, -0.1) is 0 Å². The van der Waals surface area contributed by atoms with Crippen LogP contribution in [-0.4, -0.2) is 42.9 Å². The van der Waals surface area contributed by atoms with Gasteiger partial charge in [0, 0.05) is 36.7 Å². The number of allylic oxidation sites excluding steroid dienone is 1. The molecule has 2 heterocycles. The first-order valence-corrected chi connectivity index (χ1v) is 12.3. The molecule has 0 radical (unpaired) electrons. The molecule has 0 spiro atoms. The van der Waals surface area contributed by atoms with Gasteiger partial charge >= 0.3 is 0 Å². The first kappa shape index (κ1) is 24.8. The molecule has 1 N–H and O–H groups in total. The van der Waals surface area contributed by atoms with E-state index >= 15 is 0 Å². The minimum atomic E-state index is -0.558. The van der Waals surface area contributed by atoms with Crippen LogP contribution in [0.15, 0.2) is 54.6 Å². The van der Waals surface area contributed by atoms with E-state index in [0.717, 1.165) is 41.9 Å². The monoisotopic (exact) mass is 502 g/mol. The Bertz CT molecular complexity index is 1390. The molecule has 5 rings (SSSR count). The third-order valence-corrected chi connectivity index (χ3v) is 7.17. The largest absolute Gasteiger partial charge is 0.508 e. The quantitative estimate of drug-likeness (QED) is 0.426. The van der Waals surface area contributed by atoms with E-state index < -0.39 is 11.9 Å². The lowest BCUT2D eigenvalue weighted by Gasteiger charge is -2.37. The number of rotatable bonds is 7. The summed E-state index contributed by atoms with van der Waals surface area (Å²) < 4.78 is 39.5. The summed E-state index contributed by atoms with van der Waals surface area (Å²) >= 11 is 0. The van der Waals surface area contributed by atoms with Gasteiger partial charge in [0.15, 0.2) is 0 Å². The number of hydrogen-bond acceptors (Lipinski definition) is 5. The highest BCUT2D eigenvalue weighted by atomic mass is 19.1. The molecule has 1 atom stereocenters. The van der Waals surface area contributed by atoms with Crippen molar-refractivity contribution in [1.82, 2.24) is 4.90 Å². The van der Waals surface area contributed by atoms with Gasteiger partial charge in [0.25, 0.3) is 0 Å². The van der Waals surface area contributed by atoms with Crippen LogP contribution in [0.2, 0.25) is 0 Å². The first-order chi connectivity index (χ1) is 17.9.